The first-order valence-corrected chi connectivity index (χ1v) is 6.39. The van der Waals surface area contributed by atoms with Crippen LogP contribution in [0.1, 0.15) is 6.92 Å². The van der Waals surface area contributed by atoms with Crippen molar-refractivity contribution in [3.8, 4) is 0 Å². The lowest BCUT2D eigenvalue weighted by Gasteiger charge is -2.20. The third kappa shape index (κ3) is 5.87. The maximum absolute atomic E-state index is 12.5. The predicted molar refractivity (Wildman–Crippen MR) is 59.4 cm³/mol. The van der Waals surface area contributed by atoms with Crippen molar-refractivity contribution in [1.29, 1.82) is 0 Å². The van der Waals surface area contributed by atoms with E-state index in [4.69, 9.17) is 10.9 Å². The summed E-state index contributed by atoms with van der Waals surface area (Å²) in [5.41, 5.74) is 4.96. The minimum Gasteiger partial charge on any atom is -0.409 e. The van der Waals surface area contributed by atoms with E-state index in [1.165, 1.54) is 6.26 Å². The van der Waals surface area contributed by atoms with Crippen LogP contribution >= 0.6 is 0 Å². The first-order chi connectivity index (χ1) is 7.70. The number of hydrogen-bond donors (Lipinski definition) is 3. The molecule has 0 radical (unpaired) electrons. The van der Waals surface area contributed by atoms with Crippen molar-refractivity contribution in [3.63, 3.8) is 0 Å². The van der Waals surface area contributed by atoms with E-state index in [1.807, 2.05) is 0 Å². The molecule has 102 valence electrons. The number of nitrogens with zero attached hydrogens (tertiary/aromatic N) is 1. The Bertz CT molecular complexity index is 296. The largest absolute Gasteiger partial charge is 0.409 e. The van der Waals surface area contributed by atoms with Gasteiger partial charge in [-0.2, -0.15) is 13.2 Å². The van der Waals surface area contributed by atoms with Gasteiger partial charge in [-0.3, -0.25) is 4.21 Å². The predicted octanol–water partition coefficient (Wildman–Crippen LogP) is 0.268. The SMILES string of the molecule is CC(CNCC(C(N)=NO)C(F)(F)F)S(C)=O. The Labute approximate surface area is 99.7 Å². The van der Waals surface area contributed by atoms with E-state index in [0.717, 1.165) is 0 Å². The summed E-state index contributed by atoms with van der Waals surface area (Å²) in [4.78, 5) is 0. The van der Waals surface area contributed by atoms with Gasteiger partial charge >= 0.3 is 6.18 Å². The van der Waals surface area contributed by atoms with E-state index in [2.05, 4.69) is 10.5 Å². The van der Waals surface area contributed by atoms with Crippen molar-refractivity contribution in [2.24, 2.45) is 16.8 Å². The quantitative estimate of drug-likeness (QED) is 0.281. The zero-order valence-electron chi connectivity index (χ0n) is 9.49. The Balaban J connectivity index is 4.34. The first-order valence-electron chi connectivity index (χ1n) is 4.77. The molecule has 0 aliphatic heterocycles. The smallest absolute Gasteiger partial charge is 0.400 e. The molecule has 0 aromatic heterocycles. The number of alkyl halides is 3. The molecule has 0 heterocycles. The maximum atomic E-state index is 12.5. The number of nitrogens with one attached hydrogen (secondary N) is 1. The molecule has 0 amide bonds. The zero-order valence-corrected chi connectivity index (χ0v) is 10.3. The third-order valence-electron chi connectivity index (χ3n) is 2.21. The molecule has 3 atom stereocenters. The second-order valence-electron chi connectivity index (χ2n) is 3.59. The Morgan fingerprint density at radius 1 is 1.53 bits per heavy atom. The van der Waals surface area contributed by atoms with Gasteiger partial charge in [-0.25, -0.2) is 0 Å². The van der Waals surface area contributed by atoms with Crippen LogP contribution in [0.2, 0.25) is 0 Å². The Kier molecular flexibility index (Phi) is 6.46. The Morgan fingerprint density at radius 3 is 2.41 bits per heavy atom. The molecule has 0 spiro atoms. The third-order valence-corrected chi connectivity index (χ3v) is 3.51. The van der Waals surface area contributed by atoms with Gasteiger partial charge in [-0.15, -0.1) is 0 Å². The minimum atomic E-state index is -4.59. The molecule has 0 rings (SSSR count). The number of nitrogens with two attached hydrogens (primary N) is 1. The average molecular weight is 275 g/mol. The number of halogens is 3. The summed E-state index contributed by atoms with van der Waals surface area (Å²) < 4.78 is 48.4. The molecule has 9 heteroatoms. The highest BCUT2D eigenvalue weighted by Crippen LogP contribution is 2.25. The highest BCUT2D eigenvalue weighted by Gasteiger charge is 2.42. The van der Waals surface area contributed by atoms with Crippen molar-refractivity contribution in [1.82, 2.24) is 5.32 Å². The van der Waals surface area contributed by atoms with Gasteiger partial charge in [0, 0.05) is 35.4 Å². The van der Waals surface area contributed by atoms with E-state index in [0.29, 0.717) is 0 Å². The maximum Gasteiger partial charge on any atom is 0.400 e. The lowest BCUT2D eigenvalue weighted by molar-refractivity contribution is -0.154. The summed E-state index contributed by atoms with van der Waals surface area (Å²) in [5.74, 6) is -2.94. The minimum absolute atomic E-state index is 0.161. The van der Waals surface area contributed by atoms with Crippen LogP contribution in [0.5, 0.6) is 0 Å². The molecule has 0 aromatic carbocycles. The van der Waals surface area contributed by atoms with Crippen molar-refractivity contribution < 1.29 is 22.6 Å². The molecule has 17 heavy (non-hydrogen) atoms. The van der Waals surface area contributed by atoms with E-state index in [-0.39, 0.29) is 11.8 Å². The van der Waals surface area contributed by atoms with Gasteiger partial charge in [0.15, 0.2) is 5.84 Å². The summed E-state index contributed by atoms with van der Waals surface area (Å²) in [5, 5.41) is 12.9. The summed E-state index contributed by atoms with van der Waals surface area (Å²) in [6, 6.07) is 0. The van der Waals surface area contributed by atoms with E-state index < -0.39 is 35.3 Å². The van der Waals surface area contributed by atoms with Crippen LogP contribution in [-0.2, 0) is 10.8 Å². The van der Waals surface area contributed by atoms with Gasteiger partial charge in [0.25, 0.3) is 0 Å². The molecule has 5 nitrogen and oxygen atoms in total. The van der Waals surface area contributed by atoms with Crippen LogP contribution in [0.25, 0.3) is 0 Å². The lowest BCUT2D eigenvalue weighted by Crippen LogP contribution is -2.44. The van der Waals surface area contributed by atoms with Crippen LogP contribution < -0.4 is 11.1 Å². The van der Waals surface area contributed by atoms with Crippen LogP contribution in [-0.4, -0.2) is 46.0 Å². The Hall–Kier alpha value is -0.830. The first kappa shape index (κ1) is 16.2. The summed E-state index contributed by atoms with van der Waals surface area (Å²) in [6.07, 6.45) is -3.12. The van der Waals surface area contributed by atoms with E-state index >= 15 is 0 Å². The molecule has 0 aliphatic rings. The van der Waals surface area contributed by atoms with Crippen molar-refractivity contribution in [2.45, 2.75) is 18.3 Å². The summed E-state index contributed by atoms with van der Waals surface area (Å²) in [6.45, 7) is 1.30. The van der Waals surface area contributed by atoms with Crippen LogP contribution in [0.4, 0.5) is 13.2 Å². The fraction of sp³-hybridized carbons (Fsp3) is 0.875. The summed E-state index contributed by atoms with van der Waals surface area (Å²) in [7, 11) is -1.11. The van der Waals surface area contributed by atoms with Gasteiger partial charge in [0.2, 0.25) is 0 Å². The fourth-order valence-corrected chi connectivity index (χ4v) is 1.36. The molecule has 0 aromatic rings. The van der Waals surface area contributed by atoms with Crippen LogP contribution in [0, 0.1) is 5.92 Å². The van der Waals surface area contributed by atoms with Crippen molar-refractivity contribution >= 4 is 16.6 Å². The molecular weight excluding hydrogens is 259 g/mol. The summed E-state index contributed by atoms with van der Waals surface area (Å²) >= 11 is 0. The Morgan fingerprint density at radius 2 is 2.06 bits per heavy atom. The molecule has 0 bridgehead atoms. The molecule has 0 aliphatic carbocycles. The van der Waals surface area contributed by atoms with Gasteiger partial charge in [0.05, 0.1) is 0 Å². The van der Waals surface area contributed by atoms with E-state index in [1.54, 1.807) is 6.92 Å². The second kappa shape index (κ2) is 6.80. The van der Waals surface area contributed by atoms with Crippen LogP contribution in [0.15, 0.2) is 5.16 Å². The number of oxime groups is 1. The molecule has 4 N–H and O–H groups in total. The molecule has 0 fully saturated rings. The van der Waals surface area contributed by atoms with Crippen molar-refractivity contribution in [2.75, 3.05) is 19.3 Å². The molecule has 0 saturated carbocycles. The molecular formula is C8H16F3N3O2S. The van der Waals surface area contributed by atoms with Gasteiger partial charge < -0.3 is 16.3 Å². The highest BCUT2D eigenvalue weighted by molar-refractivity contribution is 7.84. The standard InChI is InChI=1S/C8H16F3N3O2S/c1-5(17(2)16)3-13-4-6(7(12)14-15)8(9,10)11/h5-6,13,15H,3-4H2,1-2H3,(H2,12,14). The number of hydrogen-bond acceptors (Lipinski definition) is 4. The van der Waals surface area contributed by atoms with E-state index in [9.17, 15) is 17.4 Å². The fourth-order valence-electron chi connectivity index (χ4n) is 1.01. The highest BCUT2D eigenvalue weighted by atomic mass is 32.2. The monoisotopic (exact) mass is 275 g/mol. The van der Waals surface area contributed by atoms with Crippen molar-refractivity contribution in [3.05, 3.63) is 0 Å². The number of rotatable bonds is 6. The second-order valence-corrected chi connectivity index (χ2v) is 5.39. The number of amidine groups is 1. The topological polar surface area (TPSA) is 87.7 Å². The zero-order chi connectivity index (χ0) is 13.6. The molecule has 3 unspecified atom stereocenters. The molecule has 0 saturated heterocycles. The lowest BCUT2D eigenvalue weighted by atomic mass is 10.1. The van der Waals surface area contributed by atoms with Gasteiger partial charge in [0.1, 0.15) is 5.92 Å². The van der Waals surface area contributed by atoms with Gasteiger partial charge in [-0.05, 0) is 6.92 Å². The van der Waals surface area contributed by atoms with Gasteiger partial charge in [-0.1, -0.05) is 5.16 Å². The normalized spacial score (nSPS) is 18.8. The average Bonchev–Trinajstić information content (AvgIpc) is 2.21. The van der Waals surface area contributed by atoms with Crippen LogP contribution in [0.3, 0.4) is 0 Å².